The molecule has 80 valence electrons. The van der Waals surface area contributed by atoms with Gasteiger partial charge in [-0.15, -0.1) is 10.1 Å². The van der Waals surface area contributed by atoms with Crippen LogP contribution in [0.2, 0.25) is 0 Å². The lowest BCUT2D eigenvalue weighted by Crippen LogP contribution is -2.58. The van der Waals surface area contributed by atoms with Crippen molar-refractivity contribution in [2.24, 2.45) is 11.5 Å². The molecule has 11 nitrogen and oxygen atoms in total. The van der Waals surface area contributed by atoms with Gasteiger partial charge in [0.25, 0.3) is 5.09 Å². The van der Waals surface area contributed by atoms with Crippen LogP contribution in [0.15, 0.2) is 0 Å². The van der Waals surface area contributed by atoms with E-state index >= 15 is 0 Å². The van der Waals surface area contributed by atoms with Crippen molar-refractivity contribution in [3.05, 3.63) is 10.1 Å². The fourth-order valence-electron chi connectivity index (χ4n) is 0. The Morgan fingerprint density at radius 3 is 1.38 bits per heavy atom. The van der Waals surface area contributed by atoms with Gasteiger partial charge in [0.2, 0.25) is 0 Å². The Hall–Kier alpha value is -1.40. The summed E-state index contributed by atoms with van der Waals surface area (Å²) in [6.07, 6.45) is 0. The second-order valence-corrected chi connectivity index (χ2v) is 1.88. The number of rotatable bonds is 0. The molecule has 0 bridgehead atoms. The average molecular weight is 223 g/mol. The van der Waals surface area contributed by atoms with Gasteiger partial charge < -0.3 is 16.7 Å². The van der Waals surface area contributed by atoms with Crippen LogP contribution in [0.3, 0.4) is 0 Å². The van der Waals surface area contributed by atoms with Gasteiger partial charge in [0.05, 0.1) is 14.9 Å². The van der Waals surface area contributed by atoms with Gasteiger partial charge in [-0.1, -0.05) is 0 Å². The van der Waals surface area contributed by atoms with E-state index in [1.807, 2.05) is 0 Å². The van der Waals surface area contributed by atoms with E-state index in [1.54, 1.807) is 0 Å². The summed E-state index contributed by atoms with van der Waals surface area (Å²) in [5.74, 6) is -0.333. The van der Waals surface area contributed by atoms with Crippen LogP contribution in [0.25, 0.3) is 0 Å². The number of guanidine groups is 1. The molecule has 0 heterocycles. The lowest BCUT2D eigenvalue weighted by atomic mass is 11.1. The molecule has 12 heteroatoms. The van der Waals surface area contributed by atoms with E-state index in [0.29, 0.717) is 0 Å². The van der Waals surface area contributed by atoms with E-state index in [1.165, 1.54) is 0 Å². The highest BCUT2D eigenvalue weighted by atomic mass is 35.7. The van der Waals surface area contributed by atoms with Crippen molar-refractivity contribution in [2.45, 2.75) is 0 Å². The van der Waals surface area contributed by atoms with Gasteiger partial charge in [-0.05, 0) is 0 Å². The fraction of sp³-hybridized carbons (Fsp3) is 0. The number of hydrogen-bond donors (Lipinski definition) is 5. The van der Waals surface area contributed by atoms with E-state index in [2.05, 4.69) is 11.5 Å². The number of halogens is 1. The van der Waals surface area contributed by atoms with Gasteiger partial charge in [-0.3, -0.25) is 5.41 Å². The maximum atomic E-state index is 8.60. The van der Waals surface area contributed by atoms with Crippen molar-refractivity contribution in [1.82, 2.24) is 0 Å². The lowest BCUT2D eigenvalue weighted by Gasteiger charge is -2.03. The molecule has 0 aromatic rings. The summed E-state index contributed by atoms with van der Waals surface area (Å²) >= 11 is 0. The van der Waals surface area contributed by atoms with Crippen LogP contribution in [-0.4, -0.2) is 20.9 Å². The van der Waals surface area contributed by atoms with Crippen LogP contribution in [-0.2, 0) is 0 Å². The van der Waals surface area contributed by atoms with Gasteiger partial charge in [0.1, 0.15) is 0 Å². The minimum absolute atomic E-state index is 0.333. The van der Waals surface area contributed by atoms with Crippen molar-refractivity contribution >= 4 is 5.96 Å². The average Bonchev–Trinajstić information content (AvgIpc) is 1.50. The molecule has 0 aromatic carbocycles. The predicted octanol–water partition coefficient (Wildman–Crippen LogP) is -5.63. The first kappa shape index (κ1) is 17.6. The summed E-state index contributed by atoms with van der Waals surface area (Å²) in [4.78, 5) is 8.36. The molecule has 7 N–H and O–H groups in total. The molecule has 13 heavy (non-hydrogen) atoms. The Bertz CT molecular complexity index is 127. The van der Waals surface area contributed by atoms with E-state index < -0.39 is 15.3 Å². The van der Waals surface area contributed by atoms with Crippen molar-refractivity contribution in [1.29, 1.82) is 5.41 Å². The largest absolute Gasteiger partial charge is 0.370 e. The molecule has 0 unspecified atom stereocenters. The zero-order valence-corrected chi connectivity index (χ0v) is 6.67. The molecular weight excluding hydrogens is 215 g/mol. The van der Waals surface area contributed by atoms with Gasteiger partial charge in [0.15, 0.2) is 5.96 Å². The topological polar surface area (TPSA) is 229 Å². The number of nitrogens with one attached hydrogen (secondary N) is 1. The third-order valence-corrected chi connectivity index (χ3v) is 0. The molecule has 0 radical (unpaired) electrons. The SMILES string of the molecule is N=C(N)N.O=[N+]([O-])O.[O-][Cl+3]([O-])([O-])O. The molecule has 0 fully saturated rings. The summed E-state index contributed by atoms with van der Waals surface area (Å²) in [7, 11) is -4.69. The maximum absolute atomic E-state index is 8.60. The first-order chi connectivity index (χ1) is 5.46. The third-order valence-electron chi connectivity index (χ3n) is 0. The molecule has 0 aliphatic heterocycles. The zero-order chi connectivity index (χ0) is 11.7. The molecule has 0 aliphatic rings. The monoisotopic (exact) mass is 222 g/mol. The minimum atomic E-state index is -4.69. The summed E-state index contributed by atoms with van der Waals surface area (Å²) in [6.45, 7) is 0. The van der Waals surface area contributed by atoms with Crippen molar-refractivity contribution < 1.29 is 39.2 Å². The molecule has 0 aromatic heterocycles. The second kappa shape index (κ2) is 8.69. The second-order valence-electron chi connectivity index (χ2n) is 1.09. The van der Waals surface area contributed by atoms with E-state index in [-0.39, 0.29) is 5.96 Å². The molecular formula is CH7ClN4O7. The molecule has 0 rings (SSSR count). The summed E-state index contributed by atoms with van der Waals surface area (Å²) in [5.41, 5.74) is 8.94. The van der Waals surface area contributed by atoms with Crippen molar-refractivity contribution in [3.63, 3.8) is 0 Å². The van der Waals surface area contributed by atoms with Gasteiger partial charge in [-0.2, -0.15) is 14.0 Å². The van der Waals surface area contributed by atoms with Crippen molar-refractivity contribution in [3.8, 4) is 0 Å². The van der Waals surface area contributed by atoms with Crippen LogP contribution >= 0.6 is 0 Å². The van der Waals surface area contributed by atoms with Gasteiger partial charge >= 0.3 is 0 Å². The highest BCUT2D eigenvalue weighted by molar-refractivity contribution is 5.71. The molecule has 0 saturated heterocycles. The first-order valence-electron chi connectivity index (χ1n) is 2.02. The summed E-state index contributed by atoms with van der Waals surface area (Å²) in [5, 5.41) is 19.7. The van der Waals surface area contributed by atoms with Gasteiger partial charge in [0, 0.05) is 0 Å². The zero-order valence-electron chi connectivity index (χ0n) is 5.92. The summed E-state index contributed by atoms with van der Waals surface area (Å²) in [6, 6.07) is 0. The number of nitrogens with zero attached hydrogens (tertiary/aromatic N) is 1. The normalized spacial score (nSPS) is 8.31. The Balaban J connectivity index is -0.000000117. The molecule has 0 amide bonds. The van der Waals surface area contributed by atoms with Gasteiger partial charge in [-0.25, -0.2) is 0 Å². The fourth-order valence-corrected chi connectivity index (χ4v) is 0. The maximum Gasteiger partial charge on any atom is 0.291 e. The molecule has 0 atom stereocenters. The quantitative estimate of drug-likeness (QED) is 0.114. The van der Waals surface area contributed by atoms with Crippen LogP contribution in [0, 0.1) is 25.8 Å². The number of hydrogen-bond acceptors (Lipinski definition) is 7. The Labute approximate surface area is 73.2 Å². The number of nitrogens with two attached hydrogens (primary N) is 2. The molecule has 0 aliphatic carbocycles. The highest BCUT2D eigenvalue weighted by Gasteiger charge is 1.98. The predicted molar refractivity (Wildman–Crippen MR) is 27.1 cm³/mol. The first-order valence-corrected chi connectivity index (χ1v) is 3.29. The smallest absolute Gasteiger partial charge is 0.291 e. The van der Waals surface area contributed by atoms with E-state index in [0.717, 1.165) is 0 Å². The Kier molecular flexibility index (Phi) is 11.8. The molecule has 0 saturated carbocycles. The minimum Gasteiger partial charge on any atom is -0.370 e. The highest BCUT2D eigenvalue weighted by Crippen LogP contribution is 1.60. The van der Waals surface area contributed by atoms with Crippen LogP contribution in [0.1, 0.15) is 0 Å². The van der Waals surface area contributed by atoms with Crippen molar-refractivity contribution in [2.75, 3.05) is 0 Å². The Morgan fingerprint density at radius 2 is 1.38 bits per heavy atom. The van der Waals surface area contributed by atoms with E-state index in [4.69, 9.17) is 39.4 Å². The Morgan fingerprint density at radius 1 is 1.38 bits per heavy atom. The standard InChI is InChI=1S/CH5N3.ClHO4.HNO3/c2-1(3)4;2-1(3,4)5;2-1(3)4/h(H5,2,3,4);(H,2,3,4,5);(H,2,3,4). The van der Waals surface area contributed by atoms with Crippen LogP contribution in [0.4, 0.5) is 0 Å². The third kappa shape index (κ3) is 400. The summed E-state index contributed by atoms with van der Waals surface area (Å²) < 4.78 is 32.7. The lowest BCUT2D eigenvalue weighted by molar-refractivity contribution is -1.92. The van der Waals surface area contributed by atoms with E-state index in [9.17, 15) is 0 Å². The van der Waals surface area contributed by atoms with Crippen LogP contribution < -0.4 is 25.4 Å². The molecule has 0 spiro atoms. The van der Waals surface area contributed by atoms with Crippen LogP contribution in [0.5, 0.6) is 0 Å².